The fourth-order valence-corrected chi connectivity index (χ4v) is 11.8. The molecule has 6 rings (SSSR count). The van der Waals surface area contributed by atoms with Crippen LogP contribution in [0.4, 0.5) is 0 Å². The highest BCUT2D eigenvalue weighted by Crippen LogP contribution is 2.61. The van der Waals surface area contributed by atoms with E-state index >= 15 is 0 Å². The van der Waals surface area contributed by atoms with Crippen LogP contribution in [0, 0.1) is 11.3 Å². The molecule has 1 aliphatic carbocycles. The molecule has 0 aliphatic heterocycles. The molecule has 0 heterocycles. The van der Waals surface area contributed by atoms with Crippen molar-refractivity contribution in [2.75, 3.05) is 6.54 Å². The maximum absolute atomic E-state index is 3.87. The fourth-order valence-electron chi connectivity index (χ4n) is 6.39. The van der Waals surface area contributed by atoms with Crippen molar-refractivity contribution in [2.24, 2.45) is 11.3 Å². The quantitative estimate of drug-likeness (QED) is 0.0933. The van der Waals surface area contributed by atoms with E-state index in [1.165, 1.54) is 43.0 Å². The molecule has 0 unspecified atom stereocenters. The average Bonchev–Trinajstić information content (AvgIpc) is 3.55. The number of hydrogen-bond acceptors (Lipinski definition) is 1. The highest BCUT2D eigenvalue weighted by molar-refractivity contribution is 7.82. The molecular formula is C44H45NP2. The van der Waals surface area contributed by atoms with Crippen LogP contribution < -0.4 is 26.5 Å². The molecule has 236 valence electrons. The first-order valence-corrected chi connectivity index (χ1v) is 19.4. The molecule has 0 saturated heterocycles. The van der Waals surface area contributed by atoms with Gasteiger partial charge in [-0.05, 0) is 83.6 Å². The Balaban J connectivity index is 1.33. The van der Waals surface area contributed by atoms with Crippen molar-refractivity contribution in [3.63, 3.8) is 0 Å². The summed E-state index contributed by atoms with van der Waals surface area (Å²) < 4.78 is 0. The van der Waals surface area contributed by atoms with Gasteiger partial charge >= 0.3 is 0 Å². The molecule has 1 aliphatic rings. The number of rotatable bonds is 14. The Morgan fingerprint density at radius 2 is 1.00 bits per heavy atom. The minimum absolute atomic E-state index is 0.114. The van der Waals surface area contributed by atoms with Crippen molar-refractivity contribution in [2.45, 2.75) is 33.2 Å². The summed E-state index contributed by atoms with van der Waals surface area (Å²) in [5.74, 6) is 0.355. The Bertz CT molecular complexity index is 1600. The van der Waals surface area contributed by atoms with Crippen LogP contribution in [0.2, 0.25) is 0 Å². The van der Waals surface area contributed by atoms with Crippen LogP contribution in [-0.4, -0.2) is 6.54 Å². The van der Waals surface area contributed by atoms with E-state index in [4.69, 9.17) is 0 Å². The first-order valence-electron chi connectivity index (χ1n) is 16.7. The van der Waals surface area contributed by atoms with E-state index in [0.29, 0.717) is 5.92 Å². The zero-order valence-electron chi connectivity index (χ0n) is 27.6. The summed E-state index contributed by atoms with van der Waals surface area (Å²) in [5.41, 5.74) is 2.60. The standard InChI is InChI=1S/C44H45NP2/c1-4-35-26-28-36(29-27-35)34-45-31-17-30-44(2,3)37-32-42(46(38-18-9-5-10-19-38)39-20-11-6-12-21-39)43(33-37)47(40-22-13-7-14-23-40)41-24-15-8-16-25-41/h4-16,18-29,32-33,37,45H,1,17,30-31,34H2,2-3H3. The summed E-state index contributed by atoms with van der Waals surface area (Å²) in [6.45, 7) is 10.7. The molecule has 1 N–H and O–H groups in total. The van der Waals surface area contributed by atoms with Gasteiger partial charge in [0.2, 0.25) is 0 Å². The molecule has 3 heteroatoms. The summed E-state index contributed by atoms with van der Waals surface area (Å²) in [6.07, 6.45) is 9.51. The maximum Gasteiger partial charge on any atom is 0.0205 e. The van der Waals surface area contributed by atoms with Gasteiger partial charge in [-0.15, -0.1) is 0 Å². The predicted molar refractivity (Wildman–Crippen MR) is 209 cm³/mol. The smallest absolute Gasteiger partial charge is 0.0205 e. The fraction of sp³-hybridized carbons (Fsp3) is 0.182. The molecular weight excluding hydrogens is 604 g/mol. The lowest BCUT2D eigenvalue weighted by atomic mass is 9.76. The second kappa shape index (κ2) is 15.8. The van der Waals surface area contributed by atoms with Crippen molar-refractivity contribution in [3.8, 4) is 0 Å². The van der Waals surface area contributed by atoms with E-state index in [2.05, 4.69) is 183 Å². The van der Waals surface area contributed by atoms with Crippen molar-refractivity contribution in [1.29, 1.82) is 0 Å². The summed E-state index contributed by atoms with van der Waals surface area (Å²) >= 11 is 0. The lowest BCUT2D eigenvalue weighted by Gasteiger charge is -2.30. The summed E-state index contributed by atoms with van der Waals surface area (Å²) in [5, 5.41) is 12.4. The average molecular weight is 650 g/mol. The van der Waals surface area contributed by atoms with Crippen LogP contribution in [0.25, 0.3) is 6.08 Å². The number of nitrogens with one attached hydrogen (secondary N) is 1. The second-order valence-electron chi connectivity index (χ2n) is 12.9. The molecule has 47 heavy (non-hydrogen) atoms. The summed E-state index contributed by atoms with van der Waals surface area (Å²) in [6, 6.07) is 53.5. The second-order valence-corrected chi connectivity index (χ2v) is 17.2. The number of allylic oxidation sites excluding steroid dienone is 4. The SMILES string of the molecule is C=Cc1ccc(CNCCCC(C)(C)C2C=C(P(c3ccccc3)c3ccccc3)C(P(c3ccccc3)c3ccccc3)=C2)cc1. The monoisotopic (exact) mass is 649 g/mol. The number of benzene rings is 5. The van der Waals surface area contributed by atoms with Gasteiger partial charge in [0, 0.05) is 12.5 Å². The minimum atomic E-state index is -0.736. The van der Waals surface area contributed by atoms with Crippen LogP contribution in [0.3, 0.4) is 0 Å². The van der Waals surface area contributed by atoms with Gasteiger partial charge in [-0.25, -0.2) is 0 Å². The third-order valence-electron chi connectivity index (χ3n) is 9.10. The Hall–Kier alpha value is -3.86. The molecule has 0 atom stereocenters. The van der Waals surface area contributed by atoms with Gasteiger partial charge in [0.05, 0.1) is 0 Å². The predicted octanol–water partition coefficient (Wildman–Crippen LogP) is 9.89. The van der Waals surface area contributed by atoms with Crippen LogP contribution in [0.1, 0.15) is 37.8 Å². The van der Waals surface area contributed by atoms with Gasteiger partial charge in [0.1, 0.15) is 0 Å². The Morgan fingerprint density at radius 1 is 0.596 bits per heavy atom. The molecule has 0 radical (unpaired) electrons. The zero-order chi connectivity index (χ0) is 32.5. The van der Waals surface area contributed by atoms with Crippen LogP contribution in [0.15, 0.2) is 175 Å². The minimum Gasteiger partial charge on any atom is -0.313 e. The molecule has 0 saturated carbocycles. The van der Waals surface area contributed by atoms with Crippen molar-refractivity contribution < 1.29 is 0 Å². The first kappa shape index (κ1) is 33.1. The van der Waals surface area contributed by atoms with Crippen molar-refractivity contribution in [1.82, 2.24) is 5.32 Å². The molecule has 5 aromatic rings. The van der Waals surface area contributed by atoms with Crippen molar-refractivity contribution in [3.05, 3.63) is 186 Å². The summed E-state index contributed by atoms with van der Waals surface area (Å²) in [7, 11) is -1.47. The largest absolute Gasteiger partial charge is 0.313 e. The van der Waals surface area contributed by atoms with E-state index in [9.17, 15) is 0 Å². The van der Waals surface area contributed by atoms with E-state index in [0.717, 1.165) is 25.9 Å². The maximum atomic E-state index is 3.87. The number of hydrogen-bond donors (Lipinski definition) is 1. The lowest BCUT2D eigenvalue weighted by Crippen LogP contribution is -2.23. The van der Waals surface area contributed by atoms with Crippen LogP contribution in [0.5, 0.6) is 0 Å². The van der Waals surface area contributed by atoms with Gasteiger partial charge < -0.3 is 5.32 Å². The molecule has 0 amide bonds. The zero-order valence-corrected chi connectivity index (χ0v) is 29.4. The Kier molecular flexibility index (Phi) is 11.1. The van der Waals surface area contributed by atoms with E-state index in [1.807, 2.05) is 6.08 Å². The van der Waals surface area contributed by atoms with Crippen molar-refractivity contribution >= 4 is 43.1 Å². The molecule has 0 bridgehead atoms. The van der Waals surface area contributed by atoms with Crippen LogP contribution >= 0.6 is 15.8 Å². The molecule has 1 nitrogen and oxygen atoms in total. The van der Waals surface area contributed by atoms with E-state index < -0.39 is 15.8 Å². The Labute approximate surface area is 284 Å². The highest BCUT2D eigenvalue weighted by atomic mass is 31.1. The highest BCUT2D eigenvalue weighted by Gasteiger charge is 2.37. The first-order chi connectivity index (χ1) is 23.0. The van der Waals surface area contributed by atoms with Gasteiger partial charge in [0.25, 0.3) is 0 Å². The normalized spacial score (nSPS) is 13.5. The van der Waals surface area contributed by atoms with Gasteiger partial charge in [-0.1, -0.05) is 184 Å². The van der Waals surface area contributed by atoms with Gasteiger partial charge in [-0.2, -0.15) is 0 Å². The van der Waals surface area contributed by atoms with Gasteiger partial charge in [0.15, 0.2) is 0 Å². The van der Waals surface area contributed by atoms with E-state index in [1.54, 1.807) is 0 Å². The van der Waals surface area contributed by atoms with E-state index in [-0.39, 0.29) is 5.41 Å². The molecule has 0 aromatic heterocycles. The molecule has 5 aromatic carbocycles. The molecule has 0 fully saturated rings. The van der Waals surface area contributed by atoms with Crippen LogP contribution in [-0.2, 0) is 6.54 Å². The lowest BCUT2D eigenvalue weighted by molar-refractivity contribution is 0.270. The Morgan fingerprint density at radius 3 is 1.38 bits per heavy atom. The van der Waals surface area contributed by atoms with Gasteiger partial charge in [-0.3, -0.25) is 0 Å². The third kappa shape index (κ3) is 8.17. The molecule has 0 spiro atoms. The topological polar surface area (TPSA) is 12.0 Å². The third-order valence-corrected chi connectivity index (χ3v) is 14.3. The summed E-state index contributed by atoms with van der Waals surface area (Å²) in [4.78, 5) is 0.